The molecular weight excluding hydrogens is 346 g/mol. The number of carboxylic acids is 1. The average Bonchev–Trinajstić information content (AvgIpc) is 3.01. The highest BCUT2D eigenvalue weighted by atomic mass is 16.4. The Morgan fingerprint density at radius 3 is 2.44 bits per heavy atom. The van der Waals surface area contributed by atoms with E-state index in [9.17, 15) is 14.4 Å². The van der Waals surface area contributed by atoms with Crippen molar-refractivity contribution in [3.8, 4) is 0 Å². The van der Waals surface area contributed by atoms with Crippen LogP contribution in [0, 0.1) is 0 Å². The average molecular weight is 373 g/mol. The van der Waals surface area contributed by atoms with Crippen molar-refractivity contribution in [2.75, 3.05) is 18.4 Å². The van der Waals surface area contributed by atoms with Crippen LogP contribution < -0.4 is 5.32 Å². The molecule has 2 aromatic rings. The second-order valence-corrected chi connectivity index (χ2v) is 6.43. The minimum absolute atomic E-state index is 0.0799. The third kappa shape index (κ3) is 5.84. The summed E-state index contributed by atoms with van der Waals surface area (Å²) in [6.07, 6.45) is 3.29. The summed E-state index contributed by atoms with van der Waals surface area (Å²) >= 11 is 0. The number of carbonyl (C=O) groups excluding carboxylic acids is 2. The number of rotatable bonds is 10. The molecule has 0 saturated heterocycles. The topological polar surface area (TPSA) is 91.6 Å². The summed E-state index contributed by atoms with van der Waals surface area (Å²) in [7, 11) is 0. The van der Waals surface area contributed by atoms with Crippen LogP contribution in [-0.4, -0.2) is 45.4 Å². The van der Waals surface area contributed by atoms with Crippen molar-refractivity contribution in [3.63, 3.8) is 0 Å². The van der Waals surface area contributed by atoms with Crippen molar-refractivity contribution in [2.24, 2.45) is 0 Å². The Balaban J connectivity index is 1.97. The molecule has 0 saturated carbocycles. The van der Waals surface area contributed by atoms with Crippen molar-refractivity contribution < 1.29 is 19.5 Å². The minimum atomic E-state index is -0.843. The number of nitrogens with zero attached hydrogens (tertiary/aromatic N) is 2. The Morgan fingerprint density at radius 1 is 1.07 bits per heavy atom. The number of hydrogen-bond donors (Lipinski definition) is 2. The first-order valence-electron chi connectivity index (χ1n) is 9.32. The maximum absolute atomic E-state index is 12.3. The number of anilines is 1. The Bertz CT molecular complexity index is 809. The Kier molecular flexibility index (Phi) is 7.40. The molecule has 27 heavy (non-hydrogen) atoms. The summed E-state index contributed by atoms with van der Waals surface area (Å²) < 4.78 is 1.91. The molecule has 0 aliphatic carbocycles. The molecule has 0 bridgehead atoms. The monoisotopic (exact) mass is 373 g/mol. The van der Waals surface area contributed by atoms with Crippen molar-refractivity contribution in [1.29, 1.82) is 0 Å². The molecule has 1 aromatic heterocycles. The van der Waals surface area contributed by atoms with E-state index in [1.54, 1.807) is 4.90 Å². The highest BCUT2D eigenvalue weighted by Crippen LogP contribution is 2.21. The highest BCUT2D eigenvalue weighted by molar-refractivity contribution is 5.94. The number of aliphatic carboxylic acids is 1. The van der Waals surface area contributed by atoms with Crippen LogP contribution in [0.15, 0.2) is 30.5 Å². The number of nitrogens with one attached hydrogen (secondary N) is 1. The standard InChI is InChI=1S/C20H27N3O4/c1-3-22(4-2)19(25)14-23-12-11-15-13-16(9-10-17(15)23)21-18(24)7-5-6-8-20(26)27/h9-13H,3-8,14H2,1-2H3,(H,21,24)(H,26,27). The first kappa shape index (κ1) is 20.5. The fourth-order valence-electron chi connectivity index (χ4n) is 3.02. The van der Waals surface area contributed by atoms with Crippen LogP contribution in [-0.2, 0) is 20.9 Å². The first-order valence-corrected chi connectivity index (χ1v) is 9.32. The van der Waals surface area contributed by atoms with Gasteiger partial charge < -0.3 is 19.9 Å². The van der Waals surface area contributed by atoms with E-state index in [0.717, 1.165) is 10.9 Å². The lowest BCUT2D eigenvalue weighted by Crippen LogP contribution is -2.33. The number of hydrogen-bond acceptors (Lipinski definition) is 3. The zero-order valence-corrected chi connectivity index (χ0v) is 15.9. The molecule has 1 heterocycles. The molecule has 0 unspecified atom stereocenters. The molecule has 0 aliphatic rings. The van der Waals surface area contributed by atoms with Gasteiger partial charge >= 0.3 is 5.97 Å². The fraction of sp³-hybridized carbons (Fsp3) is 0.450. The summed E-state index contributed by atoms with van der Waals surface area (Å²) in [5.74, 6) is -0.892. The van der Waals surface area contributed by atoms with Gasteiger partial charge in [-0.2, -0.15) is 0 Å². The van der Waals surface area contributed by atoms with Crippen molar-refractivity contribution in [3.05, 3.63) is 30.5 Å². The molecule has 2 N–H and O–H groups in total. The van der Waals surface area contributed by atoms with Crippen LogP contribution in [0.2, 0.25) is 0 Å². The number of carbonyl (C=O) groups is 3. The normalized spacial score (nSPS) is 10.7. The van der Waals surface area contributed by atoms with Gasteiger partial charge in [-0.15, -0.1) is 0 Å². The maximum Gasteiger partial charge on any atom is 0.303 e. The second-order valence-electron chi connectivity index (χ2n) is 6.43. The van der Waals surface area contributed by atoms with E-state index in [2.05, 4.69) is 5.32 Å². The van der Waals surface area contributed by atoms with E-state index in [0.29, 0.717) is 44.6 Å². The number of benzene rings is 1. The number of aromatic nitrogens is 1. The number of carboxylic acid groups (broad SMARTS) is 1. The molecule has 146 valence electrons. The molecule has 0 aliphatic heterocycles. The van der Waals surface area contributed by atoms with Gasteiger partial charge in [0.2, 0.25) is 11.8 Å². The van der Waals surface area contributed by atoms with E-state index in [-0.39, 0.29) is 18.2 Å². The molecule has 0 spiro atoms. The zero-order valence-electron chi connectivity index (χ0n) is 15.9. The highest BCUT2D eigenvalue weighted by Gasteiger charge is 2.12. The van der Waals surface area contributed by atoms with Gasteiger partial charge in [0.25, 0.3) is 0 Å². The quantitative estimate of drug-likeness (QED) is 0.626. The van der Waals surface area contributed by atoms with Crippen LogP contribution >= 0.6 is 0 Å². The number of amides is 2. The molecule has 0 fully saturated rings. The lowest BCUT2D eigenvalue weighted by atomic mass is 10.2. The van der Waals surface area contributed by atoms with Gasteiger partial charge in [-0.25, -0.2) is 0 Å². The molecule has 7 heteroatoms. The second kappa shape index (κ2) is 9.75. The maximum atomic E-state index is 12.3. The molecule has 0 atom stereocenters. The predicted octanol–water partition coefficient (Wildman–Crippen LogP) is 3.09. The van der Waals surface area contributed by atoms with Crippen molar-refractivity contribution in [1.82, 2.24) is 9.47 Å². The first-order chi connectivity index (χ1) is 12.9. The smallest absolute Gasteiger partial charge is 0.303 e. The summed E-state index contributed by atoms with van der Waals surface area (Å²) in [5.41, 5.74) is 1.63. The summed E-state index contributed by atoms with van der Waals surface area (Å²) in [6.45, 7) is 5.60. The van der Waals surface area contributed by atoms with Gasteiger partial charge in [-0.1, -0.05) is 0 Å². The summed E-state index contributed by atoms with van der Waals surface area (Å²) in [5, 5.41) is 12.4. The lowest BCUT2D eigenvalue weighted by molar-refractivity contribution is -0.137. The van der Waals surface area contributed by atoms with Gasteiger partial charge in [-0.3, -0.25) is 14.4 Å². The van der Waals surface area contributed by atoms with E-state index in [1.807, 2.05) is 48.9 Å². The van der Waals surface area contributed by atoms with E-state index >= 15 is 0 Å². The summed E-state index contributed by atoms with van der Waals surface area (Å²) in [4.78, 5) is 36.5. The van der Waals surface area contributed by atoms with E-state index < -0.39 is 5.97 Å². The van der Waals surface area contributed by atoms with Crippen LogP contribution in [0.25, 0.3) is 10.9 Å². The van der Waals surface area contributed by atoms with Crippen LogP contribution in [0.4, 0.5) is 5.69 Å². The number of fused-ring (bicyclic) bond motifs is 1. The molecule has 2 amide bonds. The molecule has 1 aromatic carbocycles. The van der Waals surface area contributed by atoms with Crippen LogP contribution in [0.1, 0.15) is 39.5 Å². The zero-order chi connectivity index (χ0) is 19.8. The van der Waals surface area contributed by atoms with Crippen LogP contribution in [0.5, 0.6) is 0 Å². The molecule has 2 rings (SSSR count). The van der Waals surface area contributed by atoms with Gasteiger partial charge in [0.15, 0.2) is 0 Å². The predicted molar refractivity (Wildman–Crippen MR) is 105 cm³/mol. The van der Waals surface area contributed by atoms with E-state index in [1.165, 1.54) is 0 Å². The van der Waals surface area contributed by atoms with Gasteiger partial charge in [0.1, 0.15) is 6.54 Å². The number of likely N-dealkylation sites (N-methyl/N-ethyl adjacent to an activating group) is 1. The molecule has 7 nitrogen and oxygen atoms in total. The molecule has 0 radical (unpaired) electrons. The Morgan fingerprint density at radius 2 is 1.78 bits per heavy atom. The van der Waals surface area contributed by atoms with Crippen LogP contribution in [0.3, 0.4) is 0 Å². The third-order valence-corrected chi connectivity index (χ3v) is 4.52. The SMILES string of the molecule is CCN(CC)C(=O)Cn1ccc2cc(NC(=O)CCCCC(=O)O)ccc21. The Hall–Kier alpha value is -2.83. The van der Waals surface area contributed by atoms with Crippen molar-refractivity contribution in [2.45, 2.75) is 46.1 Å². The minimum Gasteiger partial charge on any atom is -0.481 e. The van der Waals surface area contributed by atoms with Gasteiger partial charge in [-0.05, 0) is 51.0 Å². The third-order valence-electron chi connectivity index (χ3n) is 4.52. The Labute approximate surface area is 159 Å². The van der Waals surface area contributed by atoms with Gasteiger partial charge in [0.05, 0.1) is 0 Å². The van der Waals surface area contributed by atoms with Gasteiger partial charge in [0, 0.05) is 48.7 Å². The number of unbranched alkanes of at least 4 members (excludes halogenated alkanes) is 1. The lowest BCUT2D eigenvalue weighted by Gasteiger charge is -2.19. The molecular formula is C20H27N3O4. The fourth-order valence-corrected chi connectivity index (χ4v) is 3.02. The van der Waals surface area contributed by atoms with Crippen molar-refractivity contribution >= 4 is 34.4 Å². The van der Waals surface area contributed by atoms with E-state index in [4.69, 9.17) is 5.11 Å². The summed E-state index contributed by atoms with van der Waals surface area (Å²) in [6, 6.07) is 7.51. The largest absolute Gasteiger partial charge is 0.481 e.